The minimum atomic E-state index is -0.380. The van der Waals surface area contributed by atoms with Gasteiger partial charge in [-0.15, -0.1) is 0 Å². The van der Waals surface area contributed by atoms with Crippen molar-refractivity contribution < 1.29 is 9.53 Å². The number of nitrogens with zero attached hydrogens (tertiary/aromatic N) is 3. The fourth-order valence-electron chi connectivity index (χ4n) is 2.95. The predicted molar refractivity (Wildman–Crippen MR) is 98.2 cm³/mol. The Morgan fingerprint density at radius 1 is 1.24 bits per heavy atom. The third-order valence-corrected chi connectivity index (χ3v) is 4.19. The van der Waals surface area contributed by atoms with Crippen molar-refractivity contribution in [2.24, 2.45) is 0 Å². The molecule has 1 aromatic heterocycles. The summed E-state index contributed by atoms with van der Waals surface area (Å²) in [6.45, 7) is 3.99. The van der Waals surface area contributed by atoms with Gasteiger partial charge in [0.25, 0.3) is 0 Å². The lowest BCUT2D eigenvalue weighted by atomic mass is 10.1. The van der Waals surface area contributed by atoms with Crippen molar-refractivity contribution in [3.63, 3.8) is 0 Å². The van der Waals surface area contributed by atoms with Gasteiger partial charge < -0.3 is 20.7 Å². The number of carbonyl (C=O) groups is 1. The number of hydrogen-bond donors (Lipinski definition) is 2. The molecule has 1 fully saturated rings. The summed E-state index contributed by atoms with van der Waals surface area (Å²) >= 11 is 0. The monoisotopic (exact) mass is 341 g/mol. The molecule has 0 spiro atoms. The molecule has 7 nitrogen and oxygen atoms in total. The van der Waals surface area contributed by atoms with E-state index in [0.29, 0.717) is 29.4 Å². The molecule has 0 unspecified atom stereocenters. The second-order valence-electron chi connectivity index (χ2n) is 5.90. The van der Waals surface area contributed by atoms with Gasteiger partial charge in [0, 0.05) is 13.1 Å². The zero-order chi connectivity index (χ0) is 17.6. The van der Waals surface area contributed by atoms with Gasteiger partial charge in [-0.3, -0.25) is 0 Å². The second-order valence-corrected chi connectivity index (χ2v) is 5.90. The SMILES string of the molecule is CCOC(=O)c1ccccc1Nc1ncnc(N2CCCCC2)c1N. The summed E-state index contributed by atoms with van der Waals surface area (Å²) in [5, 5.41) is 3.16. The smallest absolute Gasteiger partial charge is 0.340 e. The van der Waals surface area contributed by atoms with Gasteiger partial charge in [-0.1, -0.05) is 12.1 Å². The molecule has 0 atom stereocenters. The van der Waals surface area contributed by atoms with E-state index in [-0.39, 0.29) is 5.97 Å². The molecule has 2 heterocycles. The van der Waals surface area contributed by atoms with Crippen molar-refractivity contribution in [1.82, 2.24) is 9.97 Å². The zero-order valence-corrected chi connectivity index (χ0v) is 14.4. The first kappa shape index (κ1) is 17.0. The molecular weight excluding hydrogens is 318 g/mol. The summed E-state index contributed by atoms with van der Waals surface area (Å²) in [5.41, 5.74) is 7.84. The zero-order valence-electron chi connectivity index (χ0n) is 14.4. The number of rotatable bonds is 5. The minimum absolute atomic E-state index is 0.321. The summed E-state index contributed by atoms with van der Waals surface area (Å²) in [7, 11) is 0. The summed E-state index contributed by atoms with van der Waals surface area (Å²) in [6, 6.07) is 7.14. The van der Waals surface area contributed by atoms with E-state index in [1.54, 1.807) is 25.1 Å². The molecule has 132 valence electrons. The first-order chi connectivity index (χ1) is 12.2. The molecule has 0 bridgehead atoms. The largest absolute Gasteiger partial charge is 0.462 e. The number of carbonyl (C=O) groups excluding carboxylic acids is 1. The maximum atomic E-state index is 12.1. The lowest BCUT2D eigenvalue weighted by Gasteiger charge is -2.29. The normalized spacial score (nSPS) is 14.2. The lowest BCUT2D eigenvalue weighted by Crippen LogP contribution is -2.31. The molecule has 3 N–H and O–H groups in total. The Balaban J connectivity index is 1.88. The number of nitrogens with two attached hydrogens (primary N) is 1. The quantitative estimate of drug-likeness (QED) is 0.808. The number of ether oxygens (including phenoxy) is 1. The van der Waals surface area contributed by atoms with Crippen LogP contribution in [0.15, 0.2) is 30.6 Å². The van der Waals surface area contributed by atoms with Crippen LogP contribution in [-0.4, -0.2) is 35.6 Å². The van der Waals surface area contributed by atoms with Crippen molar-refractivity contribution in [3.8, 4) is 0 Å². The van der Waals surface area contributed by atoms with Crippen LogP contribution in [-0.2, 0) is 4.74 Å². The van der Waals surface area contributed by atoms with Crippen molar-refractivity contribution in [3.05, 3.63) is 36.2 Å². The van der Waals surface area contributed by atoms with E-state index in [1.807, 2.05) is 6.07 Å². The average Bonchev–Trinajstić information content (AvgIpc) is 2.65. The Morgan fingerprint density at radius 2 is 2.00 bits per heavy atom. The van der Waals surface area contributed by atoms with Crippen molar-refractivity contribution >= 4 is 29.0 Å². The van der Waals surface area contributed by atoms with Crippen molar-refractivity contribution in [1.29, 1.82) is 0 Å². The number of aromatic nitrogens is 2. The van der Waals surface area contributed by atoms with Crippen LogP contribution in [0.2, 0.25) is 0 Å². The molecule has 7 heteroatoms. The highest BCUT2D eigenvalue weighted by Gasteiger charge is 2.19. The van der Waals surface area contributed by atoms with Crippen LogP contribution in [0.25, 0.3) is 0 Å². The third-order valence-electron chi connectivity index (χ3n) is 4.19. The van der Waals surface area contributed by atoms with Crippen LogP contribution in [0.1, 0.15) is 36.5 Å². The van der Waals surface area contributed by atoms with E-state index in [9.17, 15) is 4.79 Å². The Bertz CT molecular complexity index is 744. The van der Waals surface area contributed by atoms with Crippen molar-refractivity contribution in [2.75, 3.05) is 35.6 Å². The maximum Gasteiger partial charge on any atom is 0.340 e. The highest BCUT2D eigenvalue weighted by atomic mass is 16.5. The number of piperidine rings is 1. The Labute approximate surface area is 147 Å². The number of hydrogen-bond acceptors (Lipinski definition) is 7. The highest BCUT2D eigenvalue weighted by molar-refractivity contribution is 5.97. The van der Waals surface area contributed by atoms with E-state index < -0.39 is 0 Å². The number of para-hydroxylation sites is 1. The summed E-state index contributed by atoms with van der Waals surface area (Å²) in [6.07, 6.45) is 5.00. The van der Waals surface area contributed by atoms with Crippen LogP contribution >= 0.6 is 0 Å². The molecular formula is C18H23N5O2. The Kier molecular flexibility index (Phi) is 5.33. The van der Waals surface area contributed by atoms with Gasteiger partial charge in [0.05, 0.1) is 17.9 Å². The number of benzene rings is 1. The first-order valence-electron chi connectivity index (χ1n) is 8.59. The molecule has 3 rings (SSSR count). The number of nitrogen functional groups attached to an aromatic ring is 1. The first-order valence-corrected chi connectivity index (χ1v) is 8.59. The van der Waals surface area contributed by atoms with Crippen LogP contribution in [0.4, 0.5) is 23.0 Å². The van der Waals surface area contributed by atoms with Gasteiger partial charge >= 0.3 is 5.97 Å². The van der Waals surface area contributed by atoms with Gasteiger partial charge in [-0.05, 0) is 38.3 Å². The van der Waals surface area contributed by atoms with Crippen LogP contribution < -0.4 is 16.0 Å². The molecule has 1 saturated heterocycles. The van der Waals surface area contributed by atoms with Gasteiger partial charge in [0.15, 0.2) is 11.6 Å². The van der Waals surface area contributed by atoms with E-state index in [1.165, 1.54) is 12.7 Å². The summed E-state index contributed by atoms with van der Waals surface area (Å²) in [4.78, 5) is 22.9. The van der Waals surface area contributed by atoms with Gasteiger partial charge in [0.1, 0.15) is 12.0 Å². The highest BCUT2D eigenvalue weighted by Crippen LogP contribution is 2.31. The molecule has 1 aliphatic rings. The molecule has 1 aromatic carbocycles. The minimum Gasteiger partial charge on any atom is -0.462 e. The van der Waals surface area contributed by atoms with Gasteiger partial charge in [-0.2, -0.15) is 0 Å². The molecule has 0 radical (unpaired) electrons. The van der Waals surface area contributed by atoms with E-state index >= 15 is 0 Å². The number of esters is 1. The molecule has 1 aliphatic heterocycles. The lowest BCUT2D eigenvalue weighted by molar-refractivity contribution is 0.0527. The average molecular weight is 341 g/mol. The van der Waals surface area contributed by atoms with Crippen LogP contribution in [0.3, 0.4) is 0 Å². The Morgan fingerprint density at radius 3 is 2.76 bits per heavy atom. The predicted octanol–water partition coefficient (Wildman–Crippen LogP) is 2.97. The van der Waals surface area contributed by atoms with E-state index in [2.05, 4.69) is 20.2 Å². The fraction of sp³-hybridized carbons (Fsp3) is 0.389. The maximum absolute atomic E-state index is 12.1. The number of anilines is 4. The molecule has 0 saturated carbocycles. The molecule has 2 aromatic rings. The molecule has 0 amide bonds. The number of nitrogens with one attached hydrogen (secondary N) is 1. The van der Waals surface area contributed by atoms with Crippen LogP contribution in [0.5, 0.6) is 0 Å². The standard InChI is InChI=1S/C18H23N5O2/c1-2-25-18(24)13-8-4-5-9-14(13)22-16-15(19)17(21-12-20-16)23-10-6-3-7-11-23/h4-5,8-9,12H,2-3,6-7,10-11,19H2,1H3,(H,20,21,22). The van der Waals surface area contributed by atoms with Gasteiger partial charge in [-0.25, -0.2) is 14.8 Å². The van der Waals surface area contributed by atoms with Crippen molar-refractivity contribution in [2.45, 2.75) is 26.2 Å². The van der Waals surface area contributed by atoms with Crippen LogP contribution in [0, 0.1) is 0 Å². The molecule has 25 heavy (non-hydrogen) atoms. The Hall–Kier alpha value is -2.83. The second kappa shape index (κ2) is 7.83. The topological polar surface area (TPSA) is 93.4 Å². The third kappa shape index (κ3) is 3.81. The molecule has 0 aliphatic carbocycles. The fourth-order valence-corrected chi connectivity index (χ4v) is 2.95. The summed E-state index contributed by atoms with van der Waals surface area (Å²) < 4.78 is 5.10. The van der Waals surface area contributed by atoms with E-state index in [0.717, 1.165) is 31.7 Å². The van der Waals surface area contributed by atoms with Gasteiger partial charge in [0.2, 0.25) is 0 Å². The van der Waals surface area contributed by atoms with E-state index in [4.69, 9.17) is 10.5 Å². The summed E-state index contributed by atoms with van der Waals surface area (Å²) in [5.74, 6) is 0.854.